The molecule has 5 rings (SSSR count). The number of carbonyl (C=O) groups excluding carboxylic acids is 1. The maximum atomic E-state index is 13.4. The Morgan fingerprint density at radius 3 is 2.48 bits per heavy atom. The van der Waals surface area contributed by atoms with Gasteiger partial charge in [0.1, 0.15) is 17.8 Å². The molecule has 2 aliphatic rings. The summed E-state index contributed by atoms with van der Waals surface area (Å²) in [5, 5.41) is 4.26. The first-order chi connectivity index (χ1) is 18.7. The predicted octanol–water partition coefficient (Wildman–Crippen LogP) is 5.36. The third-order valence-corrected chi connectivity index (χ3v) is 8.90. The smallest absolute Gasteiger partial charge is 0.397 e. The number of nitrogens with zero attached hydrogens (tertiary/aromatic N) is 4. The zero-order valence-electron chi connectivity index (χ0n) is 22.4. The van der Waals surface area contributed by atoms with Crippen molar-refractivity contribution in [1.82, 2.24) is 19.5 Å². The second-order valence-corrected chi connectivity index (χ2v) is 13.0. The van der Waals surface area contributed by atoms with Crippen molar-refractivity contribution in [3.8, 4) is 11.7 Å². The number of alkyl halides is 3. The number of hydrogen-bond acceptors (Lipinski definition) is 7. The van der Waals surface area contributed by atoms with Crippen LogP contribution in [0.3, 0.4) is 0 Å². The first-order valence-electron chi connectivity index (χ1n) is 12.9. The Balaban J connectivity index is 1.45. The quantitative estimate of drug-likeness (QED) is 0.373. The Labute approximate surface area is 230 Å². The molecule has 1 amide bonds. The molecule has 1 aromatic carbocycles. The molecule has 1 saturated heterocycles. The molecule has 0 bridgehead atoms. The average molecular weight is 577 g/mol. The molecule has 9 nitrogen and oxygen atoms in total. The first kappa shape index (κ1) is 27.9. The SMILES string of the molecule is C[C@@H]1CN(c2nc(-n3ccc(OCC4(C(F)(F)F)CC4)n3)ccc2C(=O)NS(=N)(=O)c2ccccc2)C(C)(C)C1. The normalized spacial score (nSPS) is 21.1. The van der Waals surface area contributed by atoms with Crippen LogP contribution in [-0.4, -0.2) is 49.7 Å². The number of anilines is 1. The predicted molar refractivity (Wildman–Crippen MR) is 143 cm³/mol. The summed E-state index contributed by atoms with van der Waals surface area (Å²) in [7, 11) is -3.63. The lowest BCUT2D eigenvalue weighted by Gasteiger charge is -2.34. The molecular weight excluding hydrogens is 545 g/mol. The number of nitrogens with one attached hydrogen (secondary N) is 2. The van der Waals surface area contributed by atoms with Crippen molar-refractivity contribution in [3.05, 3.63) is 60.3 Å². The molecule has 1 unspecified atom stereocenters. The Morgan fingerprint density at radius 2 is 1.88 bits per heavy atom. The summed E-state index contributed by atoms with van der Waals surface area (Å²) in [6, 6.07) is 12.6. The maximum absolute atomic E-state index is 13.4. The van der Waals surface area contributed by atoms with Gasteiger partial charge in [-0.3, -0.25) is 9.52 Å². The second kappa shape index (κ2) is 9.79. The number of pyridine rings is 1. The summed E-state index contributed by atoms with van der Waals surface area (Å²) in [6.07, 6.45) is -1.89. The molecule has 2 atom stereocenters. The Kier molecular flexibility index (Phi) is 6.84. The minimum atomic E-state index is -4.33. The molecule has 3 aromatic rings. The van der Waals surface area contributed by atoms with Gasteiger partial charge in [0.25, 0.3) is 5.91 Å². The van der Waals surface area contributed by atoms with Gasteiger partial charge in [-0.05, 0) is 63.3 Å². The van der Waals surface area contributed by atoms with E-state index in [0.717, 1.165) is 6.42 Å². The van der Waals surface area contributed by atoms with E-state index in [4.69, 9.17) is 14.5 Å². The van der Waals surface area contributed by atoms with Crippen molar-refractivity contribution < 1.29 is 26.9 Å². The average Bonchev–Trinajstić information content (AvgIpc) is 3.46. The van der Waals surface area contributed by atoms with Crippen LogP contribution in [0.4, 0.5) is 19.0 Å². The van der Waals surface area contributed by atoms with Crippen molar-refractivity contribution in [2.75, 3.05) is 18.1 Å². The minimum Gasteiger partial charge on any atom is -0.476 e. The summed E-state index contributed by atoms with van der Waals surface area (Å²) >= 11 is 0. The summed E-state index contributed by atoms with van der Waals surface area (Å²) in [5.41, 5.74) is -2.02. The van der Waals surface area contributed by atoms with Crippen molar-refractivity contribution >= 4 is 21.6 Å². The van der Waals surface area contributed by atoms with Crippen LogP contribution in [0.25, 0.3) is 5.82 Å². The van der Waals surface area contributed by atoms with Crippen LogP contribution in [0.15, 0.2) is 59.6 Å². The van der Waals surface area contributed by atoms with E-state index in [1.54, 1.807) is 18.2 Å². The number of amides is 1. The highest BCUT2D eigenvalue weighted by molar-refractivity contribution is 7.91. The van der Waals surface area contributed by atoms with Crippen LogP contribution < -0.4 is 14.4 Å². The number of aromatic nitrogens is 3. The van der Waals surface area contributed by atoms with Crippen molar-refractivity contribution in [2.24, 2.45) is 11.3 Å². The number of halogens is 3. The zero-order valence-corrected chi connectivity index (χ0v) is 23.2. The highest BCUT2D eigenvalue weighted by atomic mass is 32.2. The molecule has 3 heterocycles. The van der Waals surface area contributed by atoms with Crippen LogP contribution in [0.5, 0.6) is 5.88 Å². The summed E-state index contributed by atoms with van der Waals surface area (Å²) in [4.78, 5) is 20.3. The van der Waals surface area contributed by atoms with Gasteiger partial charge in [0.15, 0.2) is 15.7 Å². The Morgan fingerprint density at radius 1 is 1.18 bits per heavy atom. The summed E-state index contributed by atoms with van der Waals surface area (Å²) in [6.45, 7) is 6.30. The molecule has 214 valence electrons. The van der Waals surface area contributed by atoms with Gasteiger partial charge in [-0.25, -0.2) is 18.7 Å². The molecule has 0 spiro atoms. The number of benzene rings is 1. The number of carbonyl (C=O) groups is 1. The fourth-order valence-electron chi connectivity index (χ4n) is 5.15. The highest BCUT2D eigenvalue weighted by Gasteiger charge is 2.64. The fourth-order valence-corrected chi connectivity index (χ4v) is 6.18. The molecule has 0 radical (unpaired) electrons. The molecule has 2 N–H and O–H groups in total. The molecule has 1 aliphatic carbocycles. The fraction of sp³-hybridized carbons (Fsp3) is 0.444. The van der Waals surface area contributed by atoms with E-state index in [2.05, 4.69) is 16.7 Å². The zero-order chi connectivity index (χ0) is 28.9. The largest absolute Gasteiger partial charge is 0.476 e. The molecule has 40 heavy (non-hydrogen) atoms. The van der Waals surface area contributed by atoms with Gasteiger partial charge in [0, 0.05) is 24.3 Å². The van der Waals surface area contributed by atoms with Crippen molar-refractivity contribution in [3.63, 3.8) is 0 Å². The molecule has 2 fully saturated rings. The van der Waals surface area contributed by atoms with Gasteiger partial charge in [-0.1, -0.05) is 25.1 Å². The second-order valence-electron chi connectivity index (χ2n) is 11.2. The molecular formula is C27H31F3N6O3S. The molecule has 2 aromatic heterocycles. The van der Waals surface area contributed by atoms with Gasteiger partial charge < -0.3 is 9.64 Å². The number of rotatable bonds is 8. The lowest BCUT2D eigenvalue weighted by Crippen LogP contribution is -2.41. The van der Waals surface area contributed by atoms with Crippen LogP contribution in [0.1, 0.15) is 50.4 Å². The molecule has 13 heteroatoms. The lowest BCUT2D eigenvalue weighted by molar-refractivity contribution is -0.194. The van der Waals surface area contributed by atoms with Gasteiger partial charge in [-0.2, -0.15) is 13.2 Å². The Bertz CT molecular complexity index is 1520. The van der Waals surface area contributed by atoms with E-state index >= 15 is 0 Å². The standard InChI is InChI=1S/C27H31F3N6O3S/c1-18-15-25(2,3)35(16-18)23-20(24(37)34-40(31,38)19-7-5-4-6-8-19)9-10-21(32-23)36-14-11-22(33-36)39-17-26(12-13-26)27(28,29)30/h4-11,14,18H,12-13,15-17H2,1-3H3,(H2,31,34,37,38)/t18-,40?/m0/s1. The van der Waals surface area contributed by atoms with E-state index in [9.17, 15) is 22.2 Å². The highest BCUT2D eigenvalue weighted by Crippen LogP contribution is 2.57. The number of ether oxygens (including phenoxy) is 1. The lowest BCUT2D eigenvalue weighted by atomic mass is 9.97. The first-order valence-corrected chi connectivity index (χ1v) is 14.5. The van der Waals surface area contributed by atoms with Gasteiger partial charge in [0.2, 0.25) is 5.88 Å². The topological polar surface area (TPSA) is 113 Å². The van der Waals surface area contributed by atoms with Crippen LogP contribution >= 0.6 is 0 Å². The van der Waals surface area contributed by atoms with E-state index in [-0.39, 0.29) is 34.7 Å². The van der Waals surface area contributed by atoms with Crippen molar-refractivity contribution in [2.45, 2.75) is 56.6 Å². The third-order valence-electron chi connectivity index (χ3n) is 7.50. The minimum absolute atomic E-state index is 0.0324. The van der Waals surface area contributed by atoms with Crippen molar-refractivity contribution in [1.29, 1.82) is 4.78 Å². The van der Waals surface area contributed by atoms with Gasteiger partial charge in [-0.15, -0.1) is 5.10 Å². The Hall–Kier alpha value is -3.61. The van der Waals surface area contributed by atoms with Gasteiger partial charge in [0.05, 0.1) is 10.5 Å². The van der Waals surface area contributed by atoms with Crippen LogP contribution in [0, 0.1) is 16.1 Å². The molecule has 1 aliphatic heterocycles. The molecule has 1 saturated carbocycles. The monoisotopic (exact) mass is 576 g/mol. The van der Waals surface area contributed by atoms with Crippen LogP contribution in [-0.2, 0) is 9.92 Å². The van der Waals surface area contributed by atoms with E-state index in [0.29, 0.717) is 24.1 Å². The summed E-state index contributed by atoms with van der Waals surface area (Å²) in [5.74, 6) is 0.296. The van der Waals surface area contributed by atoms with E-state index in [1.165, 1.54) is 41.2 Å². The number of hydrogen-bond donors (Lipinski definition) is 2. The third kappa shape index (κ3) is 5.38. The van der Waals surface area contributed by atoms with E-state index < -0.39 is 34.0 Å². The van der Waals surface area contributed by atoms with Crippen LogP contribution in [0.2, 0.25) is 0 Å². The summed E-state index contributed by atoms with van der Waals surface area (Å²) < 4.78 is 70.3. The maximum Gasteiger partial charge on any atom is 0.397 e. The van der Waals surface area contributed by atoms with Gasteiger partial charge >= 0.3 is 6.18 Å². The van der Waals surface area contributed by atoms with E-state index in [1.807, 2.05) is 18.7 Å².